The SMILES string of the molecule is [O-][S+](c1ccc(O)cc1)[C@@H]1CCN(CC(F)(F)CCc2ccccc2)C1. The van der Waals surface area contributed by atoms with Crippen LogP contribution < -0.4 is 0 Å². The molecule has 140 valence electrons. The number of aryl methyl sites for hydroxylation is 1. The van der Waals surface area contributed by atoms with E-state index in [-0.39, 0.29) is 24.0 Å². The van der Waals surface area contributed by atoms with Crippen molar-refractivity contribution in [2.45, 2.75) is 35.3 Å². The van der Waals surface area contributed by atoms with Gasteiger partial charge in [-0.2, -0.15) is 0 Å². The standard InChI is InChI=1S/C20H23F2NO2S/c21-20(22,12-10-16-4-2-1-3-5-16)15-23-13-11-19(14-23)26(25)18-8-6-17(24)7-9-18/h1-9,19,24H,10-15H2/t19-,26?/m1/s1. The molecule has 2 aromatic carbocycles. The van der Waals surface area contributed by atoms with Gasteiger partial charge in [-0.25, -0.2) is 8.78 Å². The highest BCUT2D eigenvalue weighted by Crippen LogP contribution is 2.29. The summed E-state index contributed by atoms with van der Waals surface area (Å²) in [5.41, 5.74) is 0.917. The third-order valence-electron chi connectivity index (χ3n) is 4.68. The van der Waals surface area contributed by atoms with Crippen LogP contribution in [-0.2, 0) is 17.6 Å². The lowest BCUT2D eigenvalue weighted by Gasteiger charge is -2.24. The van der Waals surface area contributed by atoms with Crippen LogP contribution in [0.1, 0.15) is 18.4 Å². The lowest BCUT2D eigenvalue weighted by atomic mass is 10.1. The van der Waals surface area contributed by atoms with Crippen molar-refractivity contribution < 1.29 is 18.4 Å². The Morgan fingerprint density at radius 1 is 1.12 bits per heavy atom. The number of phenols is 1. The summed E-state index contributed by atoms with van der Waals surface area (Å²) < 4.78 is 41.2. The third-order valence-corrected chi connectivity index (χ3v) is 6.41. The van der Waals surface area contributed by atoms with E-state index in [1.165, 1.54) is 12.1 Å². The van der Waals surface area contributed by atoms with E-state index >= 15 is 0 Å². The number of aromatic hydroxyl groups is 1. The van der Waals surface area contributed by atoms with Gasteiger partial charge in [0.05, 0.1) is 6.54 Å². The van der Waals surface area contributed by atoms with Gasteiger partial charge in [0.25, 0.3) is 5.92 Å². The van der Waals surface area contributed by atoms with Crippen molar-refractivity contribution in [1.29, 1.82) is 0 Å². The zero-order valence-electron chi connectivity index (χ0n) is 14.5. The quantitative estimate of drug-likeness (QED) is 0.744. The maximum absolute atomic E-state index is 14.3. The van der Waals surface area contributed by atoms with Gasteiger partial charge in [0.1, 0.15) is 11.0 Å². The van der Waals surface area contributed by atoms with Gasteiger partial charge in [0.2, 0.25) is 0 Å². The second-order valence-corrected chi connectivity index (χ2v) is 8.51. The normalized spacial score (nSPS) is 19.6. The van der Waals surface area contributed by atoms with Gasteiger partial charge >= 0.3 is 0 Å². The number of benzene rings is 2. The van der Waals surface area contributed by atoms with E-state index in [4.69, 9.17) is 0 Å². The molecule has 3 rings (SSSR count). The maximum atomic E-state index is 14.3. The van der Waals surface area contributed by atoms with Crippen LogP contribution in [0.2, 0.25) is 0 Å². The van der Waals surface area contributed by atoms with Crippen molar-refractivity contribution in [1.82, 2.24) is 4.90 Å². The van der Waals surface area contributed by atoms with Crippen LogP contribution in [0.5, 0.6) is 5.75 Å². The second-order valence-electron chi connectivity index (χ2n) is 6.78. The van der Waals surface area contributed by atoms with Crippen LogP contribution in [0, 0.1) is 0 Å². The summed E-state index contributed by atoms with van der Waals surface area (Å²) in [5, 5.41) is 9.17. The Hall–Kier alpha value is -1.63. The van der Waals surface area contributed by atoms with Crippen LogP contribution in [0.4, 0.5) is 8.78 Å². The molecule has 0 saturated carbocycles. The number of hydrogen-bond acceptors (Lipinski definition) is 3. The summed E-state index contributed by atoms with van der Waals surface area (Å²) in [6.45, 7) is 0.660. The zero-order chi connectivity index (χ0) is 18.6. The highest BCUT2D eigenvalue weighted by Gasteiger charge is 2.38. The molecule has 0 radical (unpaired) electrons. The summed E-state index contributed by atoms with van der Waals surface area (Å²) >= 11 is -1.25. The van der Waals surface area contributed by atoms with Gasteiger partial charge < -0.3 is 9.66 Å². The van der Waals surface area contributed by atoms with Crippen LogP contribution >= 0.6 is 0 Å². The van der Waals surface area contributed by atoms with E-state index in [2.05, 4.69) is 0 Å². The van der Waals surface area contributed by atoms with Crippen molar-refractivity contribution >= 4 is 11.2 Å². The molecule has 0 aliphatic carbocycles. The molecule has 26 heavy (non-hydrogen) atoms. The number of phenolic OH excluding ortho intramolecular Hbond substituents is 1. The molecule has 1 saturated heterocycles. The zero-order valence-corrected chi connectivity index (χ0v) is 15.3. The Bertz CT molecular complexity index is 697. The molecule has 2 atom stereocenters. The number of hydrogen-bond donors (Lipinski definition) is 1. The topological polar surface area (TPSA) is 46.5 Å². The fraction of sp³-hybridized carbons (Fsp3) is 0.400. The van der Waals surface area contributed by atoms with Crippen molar-refractivity contribution in [3.63, 3.8) is 0 Å². The summed E-state index contributed by atoms with van der Waals surface area (Å²) in [4.78, 5) is 2.35. The van der Waals surface area contributed by atoms with Crippen molar-refractivity contribution in [3.05, 3.63) is 60.2 Å². The molecule has 1 N–H and O–H groups in total. The molecule has 0 aromatic heterocycles. The number of halogens is 2. The Balaban J connectivity index is 1.50. The van der Waals surface area contributed by atoms with Gasteiger partial charge in [0, 0.05) is 25.9 Å². The Labute approximate surface area is 155 Å². The highest BCUT2D eigenvalue weighted by molar-refractivity contribution is 7.92. The smallest absolute Gasteiger partial charge is 0.260 e. The maximum Gasteiger partial charge on any atom is 0.260 e. The molecule has 1 aliphatic rings. The van der Waals surface area contributed by atoms with Crippen molar-refractivity contribution in [2.24, 2.45) is 0 Å². The lowest BCUT2D eigenvalue weighted by molar-refractivity contribution is -0.0339. The molecule has 3 nitrogen and oxygen atoms in total. The fourth-order valence-electron chi connectivity index (χ4n) is 3.27. The minimum Gasteiger partial charge on any atom is -0.611 e. The van der Waals surface area contributed by atoms with E-state index in [9.17, 15) is 18.4 Å². The Kier molecular flexibility index (Phi) is 6.16. The van der Waals surface area contributed by atoms with Crippen LogP contribution in [-0.4, -0.2) is 45.4 Å². The molecular formula is C20H23F2NO2S. The fourth-order valence-corrected chi connectivity index (χ4v) is 4.72. The molecule has 2 aromatic rings. The minimum absolute atomic E-state index is 0.122. The predicted octanol–water partition coefficient (Wildman–Crippen LogP) is 3.84. The van der Waals surface area contributed by atoms with Crippen molar-refractivity contribution in [3.8, 4) is 5.75 Å². The van der Waals surface area contributed by atoms with Gasteiger partial charge in [-0.3, -0.25) is 4.90 Å². The molecule has 1 heterocycles. The monoisotopic (exact) mass is 379 g/mol. The first-order valence-corrected chi connectivity index (χ1v) is 9.98. The first kappa shape index (κ1) is 19.1. The van der Waals surface area contributed by atoms with Crippen molar-refractivity contribution in [2.75, 3.05) is 19.6 Å². The summed E-state index contributed by atoms with van der Waals surface area (Å²) in [5.74, 6) is -2.64. The molecule has 0 spiro atoms. The number of likely N-dealkylation sites (tertiary alicyclic amines) is 1. The van der Waals surface area contributed by atoms with E-state index in [1.807, 2.05) is 30.3 Å². The summed E-state index contributed by atoms with van der Waals surface area (Å²) in [6.07, 6.45) is 0.812. The van der Waals surface area contributed by atoms with Gasteiger partial charge in [-0.15, -0.1) is 0 Å². The highest BCUT2D eigenvalue weighted by atomic mass is 32.2. The minimum atomic E-state index is -2.76. The van der Waals surface area contributed by atoms with E-state index in [0.29, 0.717) is 30.8 Å². The Morgan fingerprint density at radius 3 is 2.50 bits per heavy atom. The van der Waals surface area contributed by atoms with E-state index < -0.39 is 17.1 Å². The average molecular weight is 379 g/mol. The first-order valence-electron chi connectivity index (χ1n) is 8.77. The molecule has 1 unspecified atom stereocenters. The van der Waals surface area contributed by atoms with Gasteiger partial charge in [-0.05, 0) is 47.4 Å². The van der Waals surface area contributed by atoms with E-state index in [0.717, 1.165) is 5.56 Å². The van der Waals surface area contributed by atoms with E-state index in [1.54, 1.807) is 17.0 Å². The predicted molar refractivity (Wildman–Crippen MR) is 99.1 cm³/mol. The van der Waals surface area contributed by atoms with Gasteiger partial charge in [0.15, 0.2) is 4.90 Å². The molecule has 6 heteroatoms. The molecule has 1 aliphatic heterocycles. The third kappa shape index (κ3) is 5.19. The molecular weight excluding hydrogens is 356 g/mol. The van der Waals surface area contributed by atoms with Crippen LogP contribution in [0.25, 0.3) is 0 Å². The lowest BCUT2D eigenvalue weighted by Crippen LogP contribution is -2.37. The molecule has 0 amide bonds. The Morgan fingerprint density at radius 2 is 1.81 bits per heavy atom. The van der Waals surface area contributed by atoms with Crippen LogP contribution in [0.3, 0.4) is 0 Å². The largest absolute Gasteiger partial charge is 0.611 e. The number of alkyl halides is 2. The second kappa shape index (κ2) is 8.37. The molecule has 0 bridgehead atoms. The average Bonchev–Trinajstić information content (AvgIpc) is 3.09. The van der Waals surface area contributed by atoms with Gasteiger partial charge in [-0.1, -0.05) is 30.3 Å². The van der Waals surface area contributed by atoms with Crippen LogP contribution in [0.15, 0.2) is 59.5 Å². The first-order chi connectivity index (χ1) is 12.4. The number of nitrogens with zero attached hydrogens (tertiary/aromatic N) is 1. The number of rotatable bonds is 7. The summed E-state index contributed by atoms with van der Waals surface area (Å²) in [6, 6.07) is 15.6. The summed E-state index contributed by atoms with van der Waals surface area (Å²) in [7, 11) is 0. The molecule has 1 fully saturated rings.